The molecular formula is C18H20N4O3. The summed E-state index contributed by atoms with van der Waals surface area (Å²) >= 11 is 0. The zero-order valence-electron chi connectivity index (χ0n) is 14.1. The van der Waals surface area contributed by atoms with Gasteiger partial charge in [0.25, 0.3) is 11.5 Å². The third kappa shape index (κ3) is 3.01. The monoisotopic (exact) mass is 340 g/mol. The normalized spacial score (nSPS) is 19.9. The van der Waals surface area contributed by atoms with Crippen LogP contribution in [-0.4, -0.2) is 39.4 Å². The lowest BCUT2D eigenvalue weighted by atomic mass is 10.1. The molecule has 2 aliphatic rings. The van der Waals surface area contributed by atoms with E-state index in [4.69, 9.17) is 4.74 Å². The van der Waals surface area contributed by atoms with Gasteiger partial charge in [0.2, 0.25) is 5.75 Å². The van der Waals surface area contributed by atoms with Crippen LogP contribution < -0.4 is 10.3 Å². The molecule has 1 N–H and O–H groups in total. The predicted octanol–water partition coefficient (Wildman–Crippen LogP) is 2.03. The highest BCUT2D eigenvalue weighted by molar-refractivity contribution is 5.94. The number of H-pyrrole nitrogens is 1. The number of pyridine rings is 1. The van der Waals surface area contributed by atoms with Gasteiger partial charge in [-0.1, -0.05) is 0 Å². The summed E-state index contributed by atoms with van der Waals surface area (Å²) in [5, 5.41) is 0. The highest BCUT2D eigenvalue weighted by atomic mass is 16.5. The molecule has 0 radical (unpaired) electrons. The molecule has 7 heteroatoms. The molecule has 25 heavy (non-hydrogen) atoms. The summed E-state index contributed by atoms with van der Waals surface area (Å²) < 4.78 is 4.95. The fraction of sp³-hybridized carbons (Fsp3) is 0.444. The van der Waals surface area contributed by atoms with E-state index in [9.17, 15) is 9.59 Å². The van der Waals surface area contributed by atoms with E-state index in [2.05, 4.69) is 15.0 Å². The number of aromatic amines is 1. The van der Waals surface area contributed by atoms with Gasteiger partial charge < -0.3 is 14.6 Å². The minimum atomic E-state index is -0.327. The molecule has 1 aliphatic carbocycles. The Hall–Kier alpha value is -2.70. The van der Waals surface area contributed by atoms with E-state index in [1.54, 1.807) is 17.2 Å². The van der Waals surface area contributed by atoms with Crippen LogP contribution in [-0.2, 0) is 0 Å². The molecule has 1 unspecified atom stereocenters. The first-order chi connectivity index (χ1) is 12.2. The second-order valence-electron chi connectivity index (χ2n) is 6.57. The molecule has 0 bridgehead atoms. The van der Waals surface area contributed by atoms with Crippen LogP contribution in [0.25, 0.3) is 0 Å². The Morgan fingerprint density at radius 1 is 1.32 bits per heavy atom. The quantitative estimate of drug-likeness (QED) is 0.920. The molecule has 130 valence electrons. The van der Waals surface area contributed by atoms with E-state index >= 15 is 0 Å². The molecule has 3 heterocycles. The lowest BCUT2D eigenvalue weighted by Crippen LogP contribution is -2.32. The number of hydrogen-bond donors (Lipinski definition) is 1. The summed E-state index contributed by atoms with van der Waals surface area (Å²) in [4.78, 5) is 38.2. The van der Waals surface area contributed by atoms with Gasteiger partial charge in [-0.25, -0.2) is 4.98 Å². The van der Waals surface area contributed by atoms with Crippen molar-refractivity contribution in [3.8, 4) is 5.75 Å². The molecular weight excluding hydrogens is 320 g/mol. The van der Waals surface area contributed by atoms with Crippen molar-refractivity contribution in [3.05, 3.63) is 52.0 Å². The van der Waals surface area contributed by atoms with Crippen LogP contribution in [0.5, 0.6) is 5.75 Å². The molecule has 2 aromatic rings. The topological polar surface area (TPSA) is 88.2 Å². The Labute approximate surface area is 145 Å². The first kappa shape index (κ1) is 15.8. The van der Waals surface area contributed by atoms with E-state index in [1.807, 2.05) is 6.07 Å². The molecule has 1 aliphatic heterocycles. The van der Waals surface area contributed by atoms with Crippen LogP contribution in [0.1, 0.15) is 59.5 Å². The van der Waals surface area contributed by atoms with Crippen LogP contribution in [0.15, 0.2) is 29.3 Å². The maximum absolute atomic E-state index is 13.0. The number of amides is 1. The van der Waals surface area contributed by atoms with Crippen molar-refractivity contribution in [2.24, 2.45) is 0 Å². The van der Waals surface area contributed by atoms with Gasteiger partial charge in [-0.2, -0.15) is 0 Å². The number of likely N-dealkylation sites (tertiary alicyclic amines) is 1. The number of ether oxygens (including phenoxy) is 1. The van der Waals surface area contributed by atoms with E-state index in [0.717, 1.165) is 31.4 Å². The molecule has 1 saturated heterocycles. The van der Waals surface area contributed by atoms with Crippen molar-refractivity contribution in [3.63, 3.8) is 0 Å². The molecule has 2 aromatic heterocycles. The maximum Gasteiger partial charge on any atom is 0.293 e. The Morgan fingerprint density at radius 3 is 2.88 bits per heavy atom. The van der Waals surface area contributed by atoms with Crippen molar-refractivity contribution < 1.29 is 9.53 Å². The molecule has 0 spiro atoms. The number of nitrogens with one attached hydrogen (secondary N) is 1. The van der Waals surface area contributed by atoms with Gasteiger partial charge in [-0.3, -0.25) is 14.6 Å². The van der Waals surface area contributed by atoms with Crippen LogP contribution in [0.3, 0.4) is 0 Å². The summed E-state index contributed by atoms with van der Waals surface area (Å²) in [5.41, 5.74) is 1.32. The van der Waals surface area contributed by atoms with E-state index in [0.29, 0.717) is 23.9 Å². The zero-order chi connectivity index (χ0) is 17.4. The second-order valence-corrected chi connectivity index (χ2v) is 6.57. The van der Waals surface area contributed by atoms with Gasteiger partial charge in [0.1, 0.15) is 5.82 Å². The summed E-state index contributed by atoms with van der Waals surface area (Å²) in [5.74, 6) is 1.14. The van der Waals surface area contributed by atoms with Crippen LogP contribution in [0.2, 0.25) is 0 Å². The smallest absolute Gasteiger partial charge is 0.293 e. The SMILES string of the molecule is COc1cnc(C2CCCN2C(=O)c2ccnc(C3CC3)c2)[nH]c1=O. The highest BCUT2D eigenvalue weighted by Gasteiger charge is 2.33. The largest absolute Gasteiger partial charge is 0.490 e. The number of nitrogens with zero attached hydrogens (tertiary/aromatic N) is 3. The number of carbonyl (C=O) groups excluding carboxylic acids is 1. The number of carbonyl (C=O) groups is 1. The molecule has 4 rings (SSSR count). The van der Waals surface area contributed by atoms with Crippen molar-refractivity contribution in [1.82, 2.24) is 19.9 Å². The number of aromatic nitrogens is 3. The standard InChI is InChI=1S/C18H20N4O3/c1-25-15-10-20-16(21-17(15)23)14-3-2-8-22(14)18(24)12-6-7-19-13(9-12)11-4-5-11/h6-7,9-11,14H,2-5,8H2,1H3,(H,20,21,23). The van der Waals surface area contributed by atoms with Crippen molar-refractivity contribution in [2.45, 2.75) is 37.6 Å². The maximum atomic E-state index is 13.0. The van der Waals surface area contributed by atoms with Crippen LogP contribution >= 0.6 is 0 Å². The van der Waals surface area contributed by atoms with Crippen molar-refractivity contribution in [2.75, 3.05) is 13.7 Å². The first-order valence-electron chi connectivity index (χ1n) is 8.57. The molecule has 2 fully saturated rings. The van der Waals surface area contributed by atoms with Crippen LogP contribution in [0.4, 0.5) is 0 Å². The predicted molar refractivity (Wildman–Crippen MR) is 90.6 cm³/mol. The van der Waals surface area contributed by atoms with Gasteiger partial charge in [-0.15, -0.1) is 0 Å². The minimum absolute atomic E-state index is 0.0368. The zero-order valence-corrected chi connectivity index (χ0v) is 14.1. The van der Waals surface area contributed by atoms with Crippen molar-refractivity contribution in [1.29, 1.82) is 0 Å². The van der Waals surface area contributed by atoms with E-state index < -0.39 is 0 Å². The third-order valence-electron chi connectivity index (χ3n) is 4.86. The Kier molecular flexibility index (Phi) is 3.99. The molecule has 0 aromatic carbocycles. The average Bonchev–Trinajstić information content (AvgIpc) is 3.38. The Bertz CT molecular complexity index is 859. The molecule has 7 nitrogen and oxygen atoms in total. The fourth-order valence-electron chi connectivity index (χ4n) is 3.36. The first-order valence-corrected chi connectivity index (χ1v) is 8.57. The third-order valence-corrected chi connectivity index (χ3v) is 4.86. The summed E-state index contributed by atoms with van der Waals surface area (Å²) in [6.45, 7) is 0.653. The van der Waals surface area contributed by atoms with Gasteiger partial charge in [0.05, 0.1) is 19.3 Å². The number of hydrogen-bond acceptors (Lipinski definition) is 5. The average molecular weight is 340 g/mol. The number of rotatable bonds is 4. The fourth-order valence-corrected chi connectivity index (χ4v) is 3.36. The minimum Gasteiger partial charge on any atom is -0.490 e. The Balaban J connectivity index is 1.60. The van der Waals surface area contributed by atoms with Crippen molar-refractivity contribution >= 4 is 5.91 Å². The van der Waals surface area contributed by atoms with E-state index in [-0.39, 0.29) is 23.3 Å². The summed E-state index contributed by atoms with van der Waals surface area (Å²) in [7, 11) is 1.43. The van der Waals surface area contributed by atoms with Crippen LogP contribution in [0, 0.1) is 0 Å². The second kappa shape index (κ2) is 6.31. The number of methoxy groups -OCH3 is 1. The molecule has 1 amide bonds. The molecule has 1 atom stereocenters. The van der Waals surface area contributed by atoms with Gasteiger partial charge in [0.15, 0.2) is 0 Å². The summed E-state index contributed by atoms with van der Waals surface area (Å²) in [6, 6.07) is 3.44. The lowest BCUT2D eigenvalue weighted by Gasteiger charge is -2.24. The lowest BCUT2D eigenvalue weighted by molar-refractivity contribution is 0.0729. The Morgan fingerprint density at radius 2 is 2.16 bits per heavy atom. The van der Waals surface area contributed by atoms with E-state index in [1.165, 1.54) is 13.3 Å². The van der Waals surface area contributed by atoms with Gasteiger partial charge in [-0.05, 0) is 37.8 Å². The van der Waals surface area contributed by atoms with Gasteiger partial charge in [0, 0.05) is 29.9 Å². The highest BCUT2D eigenvalue weighted by Crippen LogP contribution is 2.39. The molecule has 1 saturated carbocycles. The summed E-state index contributed by atoms with van der Waals surface area (Å²) in [6.07, 6.45) is 7.07. The van der Waals surface area contributed by atoms with Gasteiger partial charge >= 0.3 is 0 Å².